The minimum absolute atomic E-state index is 0.331. The first-order valence-corrected chi connectivity index (χ1v) is 7.74. The van der Waals surface area contributed by atoms with Crippen molar-refractivity contribution in [3.05, 3.63) is 51.3 Å². The second kappa shape index (κ2) is 6.15. The van der Waals surface area contributed by atoms with Gasteiger partial charge >= 0.3 is 5.97 Å². The van der Waals surface area contributed by atoms with Crippen molar-refractivity contribution < 1.29 is 14.6 Å². The topological polar surface area (TPSA) is 68.5 Å². The van der Waals surface area contributed by atoms with Crippen LogP contribution in [0.1, 0.15) is 42.3 Å². The lowest BCUT2D eigenvalue weighted by atomic mass is 9.97. The molecule has 0 unspecified atom stereocenters. The van der Waals surface area contributed by atoms with E-state index >= 15 is 0 Å². The van der Waals surface area contributed by atoms with Crippen molar-refractivity contribution in [3.63, 3.8) is 0 Å². The third-order valence-corrected chi connectivity index (χ3v) is 3.97. The van der Waals surface area contributed by atoms with E-state index in [2.05, 4.69) is 4.74 Å². The predicted octanol–water partition coefficient (Wildman–Crippen LogP) is 3.38. The van der Waals surface area contributed by atoms with Gasteiger partial charge in [0.1, 0.15) is 5.75 Å². The molecule has 0 radical (unpaired) electrons. The van der Waals surface area contributed by atoms with E-state index in [1.54, 1.807) is 11.5 Å². The van der Waals surface area contributed by atoms with Gasteiger partial charge < -0.3 is 14.4 Å². The maximum Gasteiger partial charge on any atom is 0.347 e. The molecule has 0 saturated heterocycles. The van der Waals surface area contributed by atoms with E-state index in [1.807, 2.05) is 52.0 Å². The molecule has 128 valence electrons. The molecule has 2 rings (SSSR count). The number of methoxy groups -OCH3 is 1. The molecular formula is C19H23NO4. The standard InChI is InChI=1S/C19H23NO4/c1-11-7-9-13(10-8-11)15-12(2)16(21)14(18(23)24-6)17(22)20(15)19(3,4)5/h7-10,21H,1-6H3. The molecule has 1 heterocycles. The van der Waals surface area contributed by atoms with Crippen LogP contribution in [0.5, 0.6) is 5.75 Å². The molecule has 0 atom stereocenters. The summed E-state index contributed by atoms with van der Waals surface area (Å²) in [6.07, 6.45) is 0. The monoisotopic (exact) mass is 329 g/mol. The summed E-state index contributed by atoms with van der Waals surface area (Å²) in [6.45, 7) is 9.31. The summed E-state index contributed by atoms with van der Waals surface area (Å²) in [7, 11) is 1.19. The Morgan fingerprint density at radius 2 is 1.67 bits per heavy atom. The molecule has 0 bridgehead atoms. The van der Waals surface area contributed by atoms with Gasteiger partial charge in [0, 0.05) is 11.1 Å². The zero-order valence-corrected chi connectivity index (χ0v) is 14.9. The van der Waals surface area contributed by atoms with Crippen LogP contribution in [0.15, 0.2) is 29.1 Å². The number of rotatable bonds is 2. The number of aromatic nitrogens is 1. The summed E-state index contributed by atoms with van der Waals surface area (Å²) in [5, 5.41) is 10.5. The molecule has 5 heteroatoms. The number of nitrogens with zero attached hydrogens (tertiary/aromatic N) is 1. The fourth-order valence-electron chi connectivity index (χ4n) is 2.77. The van der Waals surface area contributed by atoms with Crippen LogP contribution < -0.4 is 5.56 Å². The van der Waals surface area contributed by atoms with Crippen LogP contribution in [0.2, 0.25) is 0 Å². The van der Waals surface area contributed by atoms with Gasteiger partial charge in [-0.05, 0) is 40.2 Å². The average molecular weight is 329 g/mol. The normalized spacial score (nSPS) is 11.4. The van der Waals surface area contributed by atoms with Crippen LogP contribution in [-0.4, -0.2) is 22.8 Å². The van der Waals surface area contributed by atoms with Gasteiger partial charge in [0.05, 0.1) is 12.8 Å². The Morgan fingerprint density at radius 1 is 1.12 bits per heavy atom. The highest BCUT2D eigenvalue weighted by molar-refractivity contribution is 5.93. The van der Waals surface area contributed by atoms with Crippen molar-refractivity contribution in [1.29, 1.82) is 0 Å². The fourth-order valence-corrected chi connectivity index (χ4v) is 2.77. The molecule has 0 fully saturated rings. The molecule has 0 aliphatic heterocycles. The van der Waals surface area contributed by atoms with Gasteiger partial charge in [-0.15, -0.1) is 0 Å². The maximum atomic E-state index is 13.0. The Labute approximate surface area is 141 Å². The van der Waals surface area contributed by atoms with Crippen molar-refractivity contribution in [2.24, 2.45) is 0 Å². The van der Waals surface area contributed by atoms with Crippen LogP contribution in [0.3, 0.4) is 0 Å². The van der Waals surface area contributed by atoms with E-state index in [0.29, 0.717) is 11.3 Å². The quantitative estimate of drug-likeness (QED) is 0.858. The van der Waals surface area contributed by atoms with E-state index < -0.39 is 17.1 Å². The maximum absolute atomic E-state index is 13.0. The highest BCUT2D eigenvalue weighted by Crippen LogP contribution is 2.33. The second-order valence-electron chi connectivity index (χ2n) is 6.87. The zero-order valence-electron chi connectivity index (χ0n) is 14.9. The Kier molecular flexibility index (Phi) is 4.56. The smallest absolute Gasteiger partial charge is 0.347 e. The Morgan fingerprint density at radius 3 is 2.12 bits per heavy atom. The first kappa shape index (κ1) is 17.8. The molecule has 0 saturated carbocycles. The Balaban J connectivity index is 2.97. The van der Waals surface area contributed by atoms with Crippen LogP contribution >= 0.6 is 0 Å². The molecule has 1 aromatic carbocycles. The fraction of sp³-hybridized carbons (Fsp3) is 0.368. The number of aryl methyl sites for hydroxylation is 1. The van der Waals surface area contributed by atoms with E-state index in [9.17, 15) is 14.7 Å². The van der Waals surface area contributed by atoms with Crippen molar-refractivity contribution in [1.82, 2.24) is 4.57 Å². The lowest BCUT2D eigenvalue weighted by molar-refractivity contribution is 0.0593. The third kappa shape index (κ3) is 2.94. The molecule has 1 N–H and O–H groups in total. The SMILES string of the molecule is COC(=O)c1c(O)c(C)c(-c2ccc(C)cc2)n(C(C)(C)C)c1=O. The van der Waals surface area contributed by atoms with Gasteiger partial charge in [0.2, 0.25) is 0 Å². The number of hydrogen-bond acceptors (Lipinski definition) is 4. The van der Waals surface area contributed by atoms with Gasteiger partial charge in [0.15, 0.2) is 5.56 Å². The largest absolute Gasteiger partial charge is 0.506 e. The number of pyridine rings is 1. The highest BCUT2D eigenvalue weighted by Gasteiger charge is 2.29. The molecule has 0 aliphatic carbocycles. The summed E-state index contributed by atoms with van der Waals surface area (Å²) in [5.74, 6) is -1.17. The summed E-state index contributed by atoms with van der Waals surface area (Å²) >= 11 is 0. The first-order chi connectivity index (χ1) is 11.1. The molecule has 0 spiro atoms. The number of carbonyl (C=O) groups excluding carboxylic acids is 1. The van der Waals surface area contributed by atoms with Crippen molar-refractivity contribution in [3.8, 4) is 17.0 Å². The minimum atomic E-state index is -0.839. The lowest BCUT2D eigenvalue weighted by Crippen LogP contribution is -2.38. The number of hydrogen-bond donors (Lipinski definition) is 1. The number of benzene rings is 1. The first-order valence-electron chi connectivity index (χ1n) is 7.74. The highest BCUT2D eigenvalue weighted by atomic mass is 16.5. The molecule has 0 amide bonds. The summed E-state index contributed by atoms with van der Waals surface area (Å²) in [6, 6.07) is 7.68. The molecular weight excluding hydrogens is 306 g/mol. The third-order valence-electron chi connectivity index (χ3n) is 3.97. The number of aromatic hydroxyl groups is 1. The van der Waals surface area contributed by atoms with Crippen LogP contribution in [0.4, 0.5) is 0 Å². The number of ether oxygens (including phenoxy) is 1. The molecule has 0 aliphatic rings. The average Bonchev–Trinajstić information content (AvgIpc) is 2.50. The minimum Gasteiger partial charge on any atom is -0.506 e. The number of esters is 1. The van der Waals surface area contributed by atoms with Gasteiger partial charge in [0.25, 0.3) is 5.56 Å². The van der Waals surface area contributed by atoms with Crippen LogP contribution in [0.25, 0.3) is 11.3 Å². The van der Waals surface area contributed by atoms with Crippen molar-refractivity contribution >= 4 is 5.97 Å². The van der Waals surface area contributed by atoms with Gasteiger partial charge in [-0.1, -0.05) is 29.8 Å². The zero-order chi connectivity index (χ0) is 18.2. The van der Waals surface area contributed by atoms with Crippen LogP contribution in [0, 0.1) is 13.8 Å². The molecule has 24 heavy (non-hydrogen) atoms. The lowest BCUT2D eigenvalue weighted by Gasteiger charge is -2.29. The number of carbonyl (C=O) groups is 1. The van der Waals surface area contributed by atoms with E-state index in [4.69, 9.17) is 0 Å². The second-order valence-corrected chi connectivity index (χ2v) is 6.87. The van der Waals surface area contributed by atoms with Crippen molar-refractivity contribution in [2.75, 3.05) is 7.11 Å². The van der Waals surface area contributed by atoms with Gasteiger partial charge in [-0.3, -0.25) is 4.79 Å². The molecule has 5 nitrogen and oxygen atoms in total. The summed E-state index contributed by atoms with van der Waals surface area (Å²) in [4.78, 5) is 24.9. The van der Waals surface area contributed by atoms with E-state index in [0.717, 1.165) is 11.1 Å². The molecule has 1 aromatic heterocycles. The Bertz CT molecular complexity index is 840. The summed E-state index contributed by atoms with van der Waals surface area (Å²) in [5.41, 5.74) is 1.48. The summed E-state index contributed by atoms with van der Waals surface area (Å²) < 4.78 is 6.21. The van der Waals surface area contributed by atoms with Gasteiger partial charge in [-0.25, -0.2) is 4.79 Å². The van der Waals surface area contributed by atoms with Crippen LogP contribution in [-0.2, 0) is 10.3 Å². The Hall–Kier alpha value is -2.56. The van der Waals surface area contributed by atoms with Crippen molar-refractivity contribution in [2.45, 2.75) is 40.2 Å². The van der Waals surface area contributed by atoms with Gasteiger partial charge in [-0.2, -0.15) is 0 Å². The molecule has 2 aromatic rings. The van der Waals surface area contributed by atoms with E-state index in [1.165, 1.54) is 7.11 Å². The predicted molar refractivity (Wildman–Crippen MR) is 93.6 cm³/mol. The van der Waals surface area contributed by atoms with E-state index in [-0.39, 0.29) is 11.3 Å².